The van der Waals surface area contributed by atoms with Crippen molar-refractivity contribution in [3.05, 3.63) is 91.0 Å². The molecule has 29 heavy (non-hydrogen) atoms. The van der Waals surface area contributed by atoms with Crippen LogP contribution in [0.4, 0.5) is 0 Å². The van der Waals surface area contributed by atoms with Crippen LogP contribution in [-0.2, 0) is 0 Å². The first-order valence-corrected chi connectivity index (χ1v) is 9.39. The number of aromatic nitrogens is 2. The van der Waals surface area contributed by atoms with E-state index in [1.54, 1.807) is 7.11 Å². The number of methoxy groups -OCH3 is 1. The van der Waals surface area contributed by atoms with Gasteiger partial charge in [-0.3, -0.25) is 0 Å². The van der Waals surface area contributed by atoms with Crippen molar-refractivity contribution in [2.45, 2.75) is 0 Å². The predicted octanol–water partition coefficient (Wildman–Crippen LogP) is 6.25. The second-order valence-corrected chi connectivity index (χ2v) is 6.71. The highest BCUT2D eigenvalue weighted by Crippen LogP contribution is 2.35. The highest BCUT2D eigenvalue weighted by molar-refractivity contribution is 5.97. The Morgan fingerprint density at radius 2 is 1.31 bits per heavy atom. The Kier molecular flexibility index (Phi) is 4.30. The van der Waals surface area contributed by atoms with E-state index in [1.807, 2.05) is 78.9 Å². The van der Waals surface area contributed by atoms with E-state index < -0.39 is 0 Å². The lowest BCUT2D eigenvalue weighted by molar-refractivity contribution is 0.415. The van der Waals surface area contributed by atoms with Crippen molar-refractivity contribution in [3.63, 3.8) is 0 Å². The van der Waals surface area contributed by atoms with Gasteiger partial charge in [-0.15, -0.1) is 10.2 Å². The van der Waals surface area contributed by atoms with Crippen molar-refractivity contribution in [1.29, 1.82) is 0 Å². The maximum atomic E-state index is 6.24. The first kappa shape index (κ1) is 17.2. The van der Waals surface area contributed by atoms with Gasteiger partial charge < -0.3 is 9.47 Å². The van der Waals surface area contributed by atoms with Gasteiger partial charge in [-0.1, -0.05) is 54.6 Å². The summed E-state index contributed by atoms with van der Waals surface area (Å²) in [5.41, 5.74) is 1.79. The fourth-order valence-electron chi connectivity index (χ4n) is 3.51. The van der Waals surface area contributed by atoms with Crippen molar-refractivity contribution in [1.82, 2.24) is 10.2 Å². The maximum absolute atomic E-state index is 6.24. The molecule has 1 heterocycles. The van der Waals surface area contributed by atoms with E-state index in [0.717, 1.165) is 44.3 Å². The molecule has 0 bridgehead atoms. The van der Waals surface area contributed by atoms with Gasteiger partial charge >= 0.3 is 0 Å². The van der Waals surface area contributed by atoms with Gasteiger partial charge in [0.25, 0.3) is 0 Å². The van der Waals surface area contributed by atoms with Crippen molar-refractivity contribution < 1.29 is 9.47 Å². The van der Waals surface area contributed by atoms with Crippen LogP contribution < -0.4 is 9.47 Å². The molecule has 4 nitrogen and oxygen atoms in total. The molecule has 0 amide bonds. The van der Waals surface area contributed by atoms with E-state index in [2.05, 4.69) is 22.3 Å². The summed E-state index contributed by atoms with van der Waals surface area (Å²) in [6.45, 7) is 0. The zero-order valence-corrected chi connectivity index (χ0v) is 15.9. The van der Waals surface area contributed by atoms with Crippen molar-refractivity contribution in [2.75, 3.05) is 7.11 Å². The zero-order valence-electron chi connectivity index (χ0n) is 15.9. The molecule has 5 aromatic rings. The molecular weight excluding hydrogens is 360 g/mol. The molecule has 0 aliphatic rings. The summed E-state index contributed by atoms with van der Waals surface area (Å²) in [6, 6.07) is 30.0. The van der Waals surface area contributed by atoms with Gasteiger partial charge in [0.05, 0.1) is 7.11 Å². The average molecular weight is 378 g/mol. The Morgan fingerprint density at radius 1 is 0.621 bits per heavy atom. The van der Waals surface area contributed by atoms with Gasteiger partial charge in [0.2, 0.25) is 5.88 Å². The average Bonchev–Trinajstić information content (AvgIpc) is 2.80. The monoisotopic (exact) mass is 378 g/mol. The van der Waals surface area contributed by atoms with Gasteiger partial charge in [-0.25, -0.2) is 0 Å². The van der Waals surface area contributed by atoms with Crippen LogP contribution in [0.1, 0.15) is 0 Å². The Morgan fingerprint density at radius 3 is 2.10 bits per heavy atom. The van der Waals surface area contributed by atoms with Crippen molar-refractivity contribution in [3.8, 4) is 28.6 Å². The molecule has 0 fully saturated rings. The number of fused-ring (bicyclic) bond motifs is 2. The molecule has 0 saturated carbocycles. The first-order chi connectivity index (χ1) is 14.3. The highest BCUT2D eigenvalue weighted by atomic mass is 16.5. The van der Waals surface area contributed by atoms with Crippen LogP contribution >= 0.6 is 0 Å². The van der Waals surface area contributed by atoms with E-state index >= 15 is 0 Å². The van der Waals surface area contributed by atoms with Gasteiger partial charge in [-0.2, -0.15) is 0 Å². The topological polar surface area (TPSA) is 44.2 Å². The molecule has 0 unspecified atom stereocenters. The Hall–Kier alpha value is -3.92. The van der Waals surface area contributed by atoms with E-state index in [0.29, 0.717) is 5.88 Å². The van der Waals surface area contributed by atoms with E-state index in [9.17, 15) is 0 Å². The molecule has 0 N–H and O–H groups in total. The van der Waals surface area contributed by atoms with Gasteiger partial charge in [0, 0.05) is 21.7 Å². The molecule has 5 rings (SSSR count). The lowest BCUT2D eigenvalue weighted by atomic mass is 10.0. The number of hydrogen-bond donors (Lipinski definition) is 0. The number of ether oxygens (including phenoxy) is 2. The molecular formula is C25H18N2O2. The largest absolute Gasteiger partial charge is 0.497 e. The van der Waals surface area contributed by atoms with Crippen LogP contribution in [0.3, 0.4) is 0 Å². The van der Waals surface area contributed by atoms with Crippen LogP contribution in [0.5, 0.6) is 17.4 Å². The number of hydrogen-bond acceptors (Lipinski definition) is 4. The molecule has 0 spiro atoms. The molecule has 140 valence electrons. The molecule has 0 atom stereocenters. The van der Waals surface area contributed by atoms with Crippen molar-refractivity contribution >= 4 is 21.5 Å². The smallest absolute Gasteiger partial charge is 0.246 e. The summed E-state index contributed by atoms with van der Waals surface area (Å²) >= 11 is 0. The van der Waals surface area contributed by atoms with Crippen LogP contribution in [0.25, 0.3) is 32.8 Å². The molecule has 4 heteroatoms. The minimum atomic E-state index is 0.495. The summed E-state index contributed by atoms with van der Waals surface area (Å²) in [4.78, 5) is 0. The van der Waals surface area contributed by atoms with Crippen LogP contribution in [0, 0.1) is 0 Å². The number of rotatable bonds is 4. The molecule has 0 saturated heterocycles. The summed E-state index contributed by atoms with van der Waals surface area (Å²) in [6.07, 6.45) is 0. The summed E-state index contributed by atoms with van der Waals surface area (Å²) in [5, 5.41) is 13.0. The third-order valence-electron chi connectivity index (χ3n) is 4.97. The third-order valence-corrected chi connectivity index (χ3v) is 4.97. The van der Waals surface area contributed by atoms with Gasteiger partial charge in [-0.05, 0) is 41.8 Å². The Labute approximate surface area is 168 Å². The minimum Gasteiger partial charge on any atom is -0.497 e. The minimum absolute atomic E-state index is 0.495. The standard InChI is InChI=1S/C25H18N2O2/c1-28-19-15-13-18(14-16-19)24-21-10-4-5-11-22(21)25(27-26-24)29-23-12-6-8-17-7-2-3-9-20(17)23/h2-16H,1H3. The fourth-order valence-corrected chi connectivity index (χ4v) is 3.51. The number of nitrogens with zero attached hydrogens (tertiary/aromatic N) is 2. The normalized spacial score (nSPS) is 10.9. The number of benzene rings is 4. The van der Waals surface area contributed by atoms with Crippen molar-refractivity contribution in [2.24, 2.45) is 0 Å². The van der Waals surface area contributed by atoms with Gasteiger partial charge in [0.1, 0.15) is 17.2 Å². The summed E-state index contributed by atoms with van der Waals surface area (Å²) in [7, 11) is 1.66. The zero-order chi connectivity index (χ0) is 19.6. The lowest BCUT2D eigenvalue weighted by Crippen LogP contribution is -1.96. The summed E-state index contributed by atoms with van der Waals surface area (Å²) < 4.78 is 11.5. The predicted molar refractivity (Wildman–Crippen MR) is 116 cm³/mol. The molecule has 0 radical (unpaired) electrons. The van der Waals surface area contributed by atoms with E-state index in [1.165, 1.54) is 0 Å². The van der Waals surface area contributed by atoms with Crippen LogP contribution in [0.2, 0.25) is 0 Å². The van der Waals surface area contributed by atoms with E-state index in [-0.39, 0.29) is 0 Å². The Bertz CT molecular complexity index is 1310. The fraction of sp³-hybridized carbons (Fsp3) is 0.0400. The quantitative estimate of drug-likeness (QED) is 0.371. The first-order valence-electron chi connectivity index (χ1n) is 9.39. The SMILES string of the molecule is COc1ccc(-c2nnc(Oc3cccc4ccccc34)c3ccccc23)cc1. The van der Waals surface area contributed by atoms with Crippen LogP contribution in [0.15, 0.2) is 91.0 Å². The highest BCUT2D eigenvalue weighted by Gasteiger charge is 2.13. The van der Waals surface area contributed by atoms with E-state index in [4.69, 9.17) is 9.47 Å². The lowest BCUT2D eigenvalue weighted by Gasteiger charge is -2.12. The molecule has 1 aromatic heterocycles. The molecule has 4 aromatic carbocycles. The summed E-state index contributed by atoms with van der Waals surface area (Å²) in [5.74, 6) is 2.07. The molecule has 0 aliphatic heterocycles. The second kappa shape index (κ2) is 7.24. The van der Waals surface area contributed by atoms with Gasteiger partial charge in [0.15, 0.2) is 0 Å². The second-order valence-electron chi connectivity index (χ2n) is 6.71. The van der Waals surface area contributed by atoms with Crippen LogP contribution in [-0.4, -0.2) is 17.3 Å². The maximum Gasteiger partial charge on any atom is 0.246 e. The Balaban J connectivity index is 1.62. The third kappa shape index (κ3) is 3.15. The molecule has 0 aliphatic carbocycles.